The molecule has 2 aromatic heterocycles. The maximum Gasteiger partial charge on any atom is 0.340 e. The monoisotopic (exact) mass is 251 g/mol. The van der Waals surface area contributed by atoms with Gasteiger partial charge in [-0.1, -0.05) is 11.3 Å². The Kier molecular flexibility index (Phi) is 2.74. The molecule has 0 aliphatic carbocycles. The van der Waals surface area contributed by atoms with Crippen molar-refractivity contribution in [1.82, 2.24) is 9.97 Å². The van der Waals surface area contributed by atoms with Gasteiger partial charge in [0, 0.05) is 6.20 Å². The maximum absolute atomic E-state index is 11.8. The van der Waals surface area contributed by atoms with E-state index in [1.807, 2.05) is 20.8 Å². The molecule has 0 bridgehead atoms. The number of hydrogen-bond acceptors (Lipinski definition) is 6. The molecule has 0 spiro atoms. The van der Waals surface area contributed by atoms with E-state index in [4.69, 9.17) is 10.5 Å². The van der Waals surface area contributed by atoms with Crippen molar-refractivity contribution in [2.75, 3.05) is 5.73 Å². The molecule has 0 aromatic carbocycles. The van der Waals surface area contributed by atoms with Gasteiger partial charge in [0.15, 0.2) is 10.8 Å². The van der Waals surface area contributed by atoms with Gasteiger partial charge in [-0.3, -0.25) is 0 Å². The van der Waals surface area contributed by atoms with Gasteiger partial charge in [-0.05, 0) is 26.8 Å². The first-order valence-corrected chi connectivity index (χ1v) is 5.92. The molecule has 0 aliphatic rings. The summed E-state index contributed by atoms with van der Waals surface area (Å²) < 4.78 is 6.04. The van der Waals surface area contributed by atoms with Crippen LogP contribution in [-0.4, -0.2) is 21.5 Å². The molecular weight excluding hydrogens is 238 g/mol. The predicted molar refractivity (Wildman–Crippen MR) is 67.0 cm³/mol. The van der Waals surface area contributed by atoms with Gasteiger partial charge in [-0.2, -0.15) is 0 Å². The van der Waals surface area contributed by atoms with Gasteiger partial charge in [0.25, 0.3) is 0 Å². The van der Waals surface area contributed by atoms with Gasteiger partial charge in [0.2, 0.25) is 0 Å². The summed E-state index contributed by atoms with van der Waals surface area (Å²) in [5.74, 6) is -0.390. The summed E-state index contributed by atoms with van der Waals surface area (Å²) in [7, 11) is 0. The maximum atomic E-state index is 11.8. The molecule has 0 radical (unpaired) electrons. The first-order chi connectivity index (χ1) is 7.85. The molecule has 0 saturated heterocycles. The molecule has 90 valence electrons. The van der Waals surface area contributed by atoms with Crippen LogP contribution in [0.2, 0.25) is 0 Å². The Morgan fingerprint density at radius 3 is 2.82 bits per heavy atom. The molecule has 0 saturated carbocycles. The van der Waals surface area contributed by atoms with Crippen LogP contribution in [0.5, 0.6) is 0 Å². The summed E-state index contributed by atoms with van der Waals surface area (Å²) >= 11 is 1.30. The highest BCUT2D eigenvalue weighted by Gasteiger charge is 2.18. The van der Waals surface area contributed by atoms with Crippen LogP contribution in [0.15, 0.2) is 12.3 Å². The number of thiazole rings is 1. The first kappa shape index (κ1) is 11.8. The Balaban J connectivity index is 2.33. The van der Waals surface area contributed by atoms with Gasteiger partial charge in [-0.15, -0.1) is 0 Å². The average molecular weight is 251 g/mol. The Bertz CT molecular complexity index is 572. The molecule has 0 aliphatic heterocycles. The summed E-state index contributed by atoms with van der Waals surface area (Å²) in [5.41, 5.74) is 6.02. The van der Waals surface area contributed by atoms with Crippen molar-refractivity contribution in [3.63, 3.8) is 0 Å². The van der Waals surface area contributed by atoms with Crippen LogP contribution in [0.1, 0.15) is 31.1 Å². The second kappa shape index (κ2) is 3.96. The lowest BCUT2D eigenvalue weighted by Gasteiger charge is -2.19. The molecule has 2 heterocycles. The van der Waals surface area contributed by atoms with E-state index in [0.29, 0.717) is 16.3 Å². The van der Waals surface area contributed by atoms with Crippen LogP contribution in [-0.2, 0) is 4.74 Å². The van der Waals surface area contributed by atoms with E-state index < -0.39 is 5.60 Å². The third kappa shape index (κ3) is 2.71. The summed E-state index contributed by atoms with van der Waals surface area (Å²) in [6, 6.07) is 1.70. The highest BCUT2D eigenvalue weighted by atomic mass is 32.1. The van der Waals surface area contributed by atoms with Crippen molar-refractivity contribution in [3.05, 3.63) is 17.8 Å². The zero-order valence-corrected chi connectivity index (χ0v) is 10.7. The molecule has 2 aromatic rings. The van der Waals surface area contributed by atoms with Crippen LogP contribution in [0.25, 0.3) is 10.3 Å². The minimum Gasteiger partial charge on any atom is -0.456 e. The van der Waals surface area contributed by atoms with Gasteiger partial charge in [0.05, 0.1) is 10.3 Å². The number of anilines is 1. The van der Waals surface area contributed by atoms with Crippen molar-refractivity contribution in [3.8, 4) is 0 Å². The van der Waals surface area contributed by atoms with E-state index in [9.17, 15) is 4.79 Å². The van der Waals surface area contributed by atoms with E-state index in [1.54, 1.807) is 6.07 Å². The lowest BCUT2D eigenvalue weighted by molar-refractivity contribution is 0.00693. The normalized spacial score (nSPS) is 11.7. The van der Waals surface area contributed by atoms with Crippen molar-refractivity contribution < 1.29 is 9.53 Å². The molecule has 2 N–H and O–H groups in total. The summed E-state index contributed by atoms with van der Waals surface area (Å²) in [6.45, 7) is 5.46. The highest BCUT2D eigenvalue weighted by Crippen LogP contribution is 2.23. The number of hydrogen-bond donors (Lipinski definition) is 1. The lowest BCUT2D eigenvalue weighted by Crippen LogP contribution is -2.23. The lowest BCUT2D eigenvalue weighted by atomic mass is 10.2. The van der Waals surface area contributed by atoms with Crippen molar-refractivity contribution >= 4 is 32.8 Å². The highest BCUT2D eigenvalue weighted by molar-refractivity contribution is 7.22. The number of nitrogen functional groups attached to an aromatic ring is 1. The molecule has 0 fully saturated rings. The van der Waals surface area contributed by atoms with Gasteiger partial charge in [0.1, 0.15) is 5.60 Å². The van der Waals surface area contributed by atoms with Crippen LogP contribution in [0.4, 0.5) is 5.13 Å². The SMILES string of the molecule is CC(C)(C)OC(=O)c1cnc2nc(N)sc2c1. The Morgan fingerprint density at radius 1 is 1.47 bits per heavy atom. The van der Waals surface area contributed by atoms with Crippen LogP contribution in [0, 0.1) is 0 Å². The standard InChI is InChI=1S/C11H13N3O2S/c1-11(2,3)16-9(15)6-4-7-8(13-5-6)14-10(12)17-7/h4-5H,1-3H3,(H2,12,13,14). The average Bonchev–Trinajstić information content (AvgIpc) is 2.53. The molecule has 6 heteroatoms. The number of carbonyl (C=O) groups excluding carboxylic acids is 1. The zero-order chi connectivity index (χ0) is 12.6. The largest absolute Gasteiger partial charge is 0.456 e. The van der Waals surface area contributed by atoms with E-state index in [-0.39, 0.29) is 5.97 Å². The van der Waals surface area contributed by atoms with E-state index >= 15 is 0 Å². The van der Waals surface area contributed by atoms with E-state index in [2.05, 4.69) is 9.97 Å². The summed E-state index contributed by atoms with van der Waals surface area (Å²) in [4.78, 5) is 19.9. The number of nitrogens with two attached hydrogens (primary N) is 1. The molecule has 0 amide bonds. The number of nitrogens with zero attached hydrogens (tertiary/aromatic N) is 2. The van der Waals surface area contributed by atoms with Crippen molar-refractivity contribution in [2.24, 2.45) is 0 Å². The summed E-state index contributed by atoms with van der Waals surface area (Å²) in [5, 5.41) is 0.439. The molecule has 5 nitrogen and oxygen atoms in total. The minimum atomic E-state index is -0.515. The van der Waals surface area contributed by atoms with Gasteiger partial charge in [-0.25, -0.2) is 14.8 Å². The number of aromatic nitrogens is 2. The third-order valence-corrected chi connectivity index (χ3v) is 2.72. The third-order valence-electron chi connectivity index (χ3n) is 1.90. The number of ether oxygens (including phenoxy) is 1. The van der Waals surface area contributed by atoms with Crippen molar-refractivity contribution in [1.29, 1.82) is 0 Å². The quantitative estimate of drug-likeness (QED) is 0.786. The van der Waals surface area contributed by atoms with Crippen LogP contribution < -0.4 is 5.73 Å². The molecular formula is C11H13N3O2S. The van der Waals surface area contributed by atoms with E-state index in [0.717, 1.165) is 4.70 Å². The Labute approximate surface area is 103 Å². The van der Waals surface area contributed by atoms with Crippen molar-refractivity contribution in [2.45, 2.75) is 26.4 Å². The fourth-order valence-corrected chi connectivity index (χ4v) is 2.02. The summed E-state index contributed by atoms with van der Waals surface area (Å²) in [6.07, 6.45) is 1.45. The Morgan fingerprint density at radius 2 is 2.18 bits per heavy atom. The molecule has 2 rings (SSSR count). The second-order valence-electron chi connectivity index (χ2n) is 4.60. The fraction of sp³-hybridized carbons (Fsp3) is 0.364. The zero-order valence-electron chi connectivity index (χ0n) is 9.85. The number of pyridine rings is 1. The number of fused-ring (bicyclic) bond motifs is 1. The Hall–Kier alpha value is -1.69. The molecule has 0 unspecified atom stereocenters. The van der Waals surface area contributed by atoms with Gasteiger partial charge >= 0.3 is 5.97 Å². The second-order valence-corrected chi connectivity index (χ2v) is 5.66. The predicted octanol–water partition coefficient (Wildman–Crippen LogP) is 2.23. The van der Waals surface area contributed by atoms with Crippen LogP contribution >= 0.6 is 11.3 Å². The van der Waals surface area contributed by atoms with Gasteiger partial charge < -0.3 is 10.5 Å². The number of rotatable bonds is 1. The minimum absolute atomic E-state index is 0.390. The smallest absolute Gasteiger partial charge is 0.340 e. The van der Waals surface area contributed by atoms with E-state index in [1.165, 1.54) is 17.5 Å². The first-order valence-electron chi connectivity index (χ1n) is 5.10. The number of carbonyl (C=O) groups is 1. The molecule has 0 atom stereocenters. The van der Waals surface area contributed by atoms with Crippen LogP contribution in [0.3, 0.4) is 0 Å². The topological polar surface area (TPSA) is 78.1 Å². The fourth-order valence-electron chi connectivity index (χ4n) is 1.28. The number of esters is 1. The molecule has 17 heavy (non-hydrogen) atoms.